The first-order valence-corrected chi connectivity index (χ1v) is 7.16. The van der Waals surface area contributed by atoms with E-state index in [0.29, 0.717) is 5.69 Å². The molecule has 1 rings (SSSR count). The molecule has 0 spiro atoms. The van der Waals surface area contributed by atoms with Crippen LogP contribution >= 0.6 is 0 Å². The van der Waals surface area contributed by atoms with Crippen LogP contribution in [0, 0.1) is 0 Å². The van der Waals surface area contributed by atoms with Crippen molar-refractivity contribution in [1.29, 1.82) is 0 Å². The van der Waals surface area contributed by atoms with Gasteiger partial charge >= 0.3 is 0 Å². The van der Waals surface area contributed by atoms with Crippen molar-refractivity contribution in [1.82, 2.24) is 20.8 Å². The third-order valence-corrected chi connectivity index (χ3v) is 2.75. The molecule has 7 nitrogen and oxygen atoms in total. The van der Waals surface area contributed by atoms with Crippen molar-refractivity contribution < 1.29 is 9.59 Å². The molecule has 0 fully saturated rings. The Hall–Kier alpha value is -2.05. The smallest absolute Gasteiger partial charge is 0.273 e. The Morgan fingerprint density at radius 1 is 1.33 bits per heavy atom. The number of hydrogen-bond acceptors (Lipinski definition) is 4. The summed E-state index contributed by atoms with van der Waals surface area (Å²) in [5, 5.41) is 12.2. The highest BCUT2D eigenvalue weighted by Gasteiger charge is 2.17. The molecule has 21 heavy (non-hydrogen) atoms. The molecule has 5 N–H and O–H groups in total. The maximum Gasteiger partial charge on any atom is 0.273 e. The highest BCUT2D eigenvalue weighted by atomic mass is 16.2. The van der Waals surface area contributed by atoms with Crippen LogP contribution in [0.15, 0.2) is 0 Å². The standard InChI is InChI=1S/C14H25N5O2/c1-5-6-9-11(15)12(19-18-9)13(21)16-8-7-10(20)17-14(2,3)4/h5-8,15H2,1-4H3,(H,16,21)(H,17,20)(H,18,19). The molecule has 1 aromatic rings. The number of H-pyrrole nitrogens is 1. The fourth-order valence-electron chi connectivity index (χ4n) is 1.85. The molecule has 0 saturated carbocycles. The minimum absolute atomic E-state index is 0.107. The van der Waals surface area contributed by atoms with Gasteiger partial charge in [-0.05, 0) is 27.2 Å². The lowest BCUT2D eigenvalue weighted by atomic mass is 10.1. The van der Waals surface area contributed by atoms with Gasteiger partial charge in [-0.2, -0.15) is 5.10 Å². The van der Waals surface area contributed by atoms with Gasteiger partial charge in [-0.3, -0.25) is 14.7 Å². The van der Waals surface area contributed by atoms with Crippen LogP contribution in [-0.4, -0.2) is 34.1 Å². The molecule has 0 radical (unpaired) electrons. The molecule has 1 heterocycles. The first-order valence-electron chi connectivity index (χ1n) is 7.16. The first-order chi connectivity index (χ1) is 9.74. The lowest BCUT2D eigenvalue weighted by Crippen LogP contribution is -2.42. The minimum atomic E-state index is -0.366. The lowest BCUT2D eigenvalue weighted by molar-refractivity contribution is -0.122. The van der Waals surface area contributed by atoms with Gasteiger partial charge in [0.15, 0.2) is 5.69 Å². The summed E-state index contributed by atoms with van der Waals surface area (Å²) in [4.78, 5) is 23.6. The van der Waals surface area contributed by atoms with Gasteiger partial charge < -0.3 is 16.4 Å². The summed E-state index contributed by atoms with van der Waals surface area (Å²) in [6.07, 6.45) is 1.88. The number of aromatic amines is 1. The maximum absolute atomic E-state index is 11.9. The Kier molecular flexibility index (Phi) is 5.75. The predicted molar refractivity (Wildman–Crippen MR) is 81.8 cm³/mol. The molecular weight excluding hydrogens is 270 g/mol. The molecule has 1 aromatic heterocycles. The number of nitrogens with two attached hydrogens (primary N) is 1. The highest BCUT2D eigenvalue weighted by Crippen LogP contribution is 2.15. The minimum Gasteiger partial charge on any atom is -0.395 e. The Morgan fingerprint density at radius 2 is 2.00 bits per heavy atom. The summed E-state index contributed by atoms with van der Waals surface area (Å²) in [6.45, 7) is 7.99. The molecule has 0 aliphatic heterocycles. The van der Waals surface area contributed by atoms with Gasteiger partial charge in [-0.15, -0.1) is 0 Å². The van der Waals surface area contributed by atoms with Gasteiger partial charge in [-0.25, -0.2) is 0 Å². The number of carbonyl (C=O) groups excluding carboxylic acids is 2. The van der Waals surface area contributed by atoms with Crippen LogP contribution in [-0.2, 0) is 11.2 Å². The van der Waals surface area contributed by atoms with E-state index in [4.69, 9.17) is 5.73 Å². The number of nitrogen functional groups attached to an aromatic ring is 1. The number of aromatic nitrogens is 2. The van der Waals surface area contributed by atoms with Crippen molar-refractivity contribution in [3.63, 3.8) is 0 Å². The largest absolute Gasteiger partial charge is 0.395 e. The number of aryl methyl sites for hydroxylation is 1. The van der Waals surface area contributed by atoms with Gasteiger partial charge in [0.2, 0.25) is 5.91 Å². The molecule has 0 unspecified atom stereocenters. The van der Waals surface area contributed by atoms with Crippen molar-refractivity contribution in [2.75, 3.05) is 12.3 Å². The van der Waals surface area contributed by atoms with E-state index in [2.05, 4.69) is 20.8 Å². The number of carbonyl (C=O) groups is 2. The second-order valence-corrected chi connectivity index (χ2v) is 6.02. The van der Waals surface area contributed by atoms with E-state index in [9.17, 15) is 9.59 Å². The molecule has 0 aliphatic carbocycles. The van der Waals surface area contributed by atoms with Crippen LogP contribution in [0.2, 0.25) is 0 Å². The van der Waals surface area contributed by atoms with E-state index in [-0.39, 0.29) is 36.0 Å². The van der Waals surface area contributed by atoms with E-state index in [1.807, 2.05) is 27.7 Å². The zero-order valence-electron chi connectivity index (χ0n) is 13.2. The summed E-state index contributed by atoms with van der Waals surface area (Å²) in [5.41, 5.74) is 6.94. The van der Waals surface area contributed by atoms with E-state index < -0.39 is 0 Å². The molecule has 118 valence electrons. The molecule has 7 heteroatoms. The van der Waals surface area contributed by atoms with Crippen molar-refractivity contribution >= 4 is 17.5 Å². The Morgan fingerprint density at radius 3 is 2.57 bits per heavy atom. The van der Waals surface area contributed by atoms with E-state index in [1.165, 1.54) is 0 Å². The Balaban J connectivity index is 2.46. The topological polar surface area (TPSA) is 113 Å². The van der Waals surface area contributed by atoms with Gasteiger partial charge in [0.1, 0.15) is 0 Å². The summed E-state index contributed by atoms with van der Waals surface area (Å²) in [7, 11) is 0. The summed E-state index contributed by atoms with van der Waals surface area (Å²) < 4.78 is 0. The summed E-state index contributed by atoms with van der Waals surface area (Å²) in [6, 6.07) is 0. The van der Waals surface area contributed by atoms with Crippen LogP contribution in [0.5, 0.6) is 0 Å². The van der Waals surface area contributed by atoms with Crippen molar-refractivity contribution in [3.8, 4) is 0 Å². The van der Waals surface area contributed by atoms with Gasteiger partial charge in [-0.1, -0.05) is 13.3 Å². The van der Waals surface area contributed by atoms with Gasteiger partial charge in [0.05, 0.1) is 11.4 Å². The first kappa shape index (κ1) is 17.0. The normalized spacial score (nSPS) is 11.2. The fraction of sp³-hybridized carbons (Fsp3) is 0.643. The zero-order valence-corrected chi connectivity index (χ0v) is 13.2. The molecule has 0 bridgehead atoms. The Bertz CT molecular complexity index is 502. The summed E-state index contributed by atoms with van der Waals surface area (Å²) in [5.74, 6) is -0.473. The van der Waals surface area contributed by atoms with Gasteiger partial charge in [0.25, 0.3) is 5.91 Å². The van der Waals surface area contributed by atoms with Crippen LogP contribution in [0.1, 0.15) is 56.7 Å². The number of nitrogens with zero attached hydrogens (tertiary/aromatic N) is 1. The number of amides is 2. The Labute approximate surface area is 125 Å². The molecule has 0 atom stereocenters. The van der Waals surface area contributed by atoms with Gasteiger partial charge in [0, 0.05) is 18.5 Å². The van der Waals surface area contributed by atoms with Crippen LogP contribution in [0.25, 0.3) is 0 Å². The van der Waals surface area contributed by atoms with Crippen molar-refractivity contribution in [2.45, 2.75) is 52.5 Å². The molecule has 0 saturated heterocycles. The predicted octanol–water partition coefficient (Wildman–Crippen LogP) is 0.979. The van der Waals surface area contributed by atoms with Crippen LogP contribution in [0.3, 0.4) is 0 Å². The van der Waals surface area contributed by atoms with Crippen molar-refractivity contribution in [3.05, 3.63) is 11.4 Å². The monoisotopic (exact) mass is 295 g/mol. The molecule has 0 aliphatic rings. The average Bonchev–Trinajstić information content (AvgIpc) is 2.69. The number of hydrogen-bond donors (Lipinski definition) is 4. The SMILES string of the molecule is CCCc1[nH]nc(C(=O)NCCC(=O)NC(C)(C)C)c1N. The third-order valence-electron chi connectivity index (χ3n) is 2.75. The average molecular weight is 295 g/mol. The van der Waals surface area contributed by atoms with Crippen molar-refractivity contribution in [2.24, 2.45) is 0 Å². The number of rotatable bonds is 6. The number of anilines is 1. The van der Waals surface area contributed by atoms with E-state index >= 15 is 0 Å². The summed E-state index contributed by atoms with van der Waals surface area (Å²) >= 11 is 0. The maximum atomic E-state index is 11.9. The second-order valence-electron chi connectivity index (χ2n) is 6.02. The highest BCUT2D eigenvalue weighted by molar-refractivity contribution is 5.97. The molecule has 2 amide bonds. The molecule has 0 aromatic carbocycles. The fourth-order valence-corrected chi connectivity index (χ4v) is 1.85. The third kappa shape index (κ3) is 5.45. The quantitative estimate of drug-likeness (QED) is 0.626. The van der Waals surface area contributed by atoms with Crippen LogP contribution in [0.4, 0.5) is 5.69 Å². The second kappa shape index (κ2) is 7.10. The van der Waals surface area contributed by atoms with E-state index in [0.717, 1.165) is 18.5 Å². The van der Waals surface area contributed by atoms with Crippen LogP contribution < -0.4 is 16.4 Å². The van der Waals surface area contributed by atoms with E-state index in [1.54, 1.807) is 0 Å². The lowest BCUT2D eigenvalue weighted by Gasteiger charge is -2.20. The number of nitrogens with one attached hydrogen (secondary N) is 3. The zero-order chi connectivity index (χ0) is 16.0. The molecular formula is C14H25N5O2.